The summed E-state index contributed by atoms with van der Waals surface area (Å²) in [7, 11) is 1.63. The summed E-state index contributed by atoms with van der Waals surface area (Å²) in [6.07, 6.45) is 2.16. The molecule has 0 bridgehead atoms. The first-order chi connectivity index (χ1) is 11.9. The van der Waals surface area contributed by atoms with Crippen LogP contribution in [0.4, 0.5) is 0 Å². The highest BCUT2D eigenvalue weighted by atomic mass is 16.5. The molecule has 0 aliphatic rings. The molecule has 0 saturated carbocycles. The molecule has 1 atom stereocenters. The normalized spacial score (nSPS) is 12.9. The topological polar surface area (TPSA) is 72.5 Å². The monoisotopic (exact) mass is 339 g/mol. The van der Waals surface area contributed by atoms with Crippen LogP contribution in [0.2, 0.25) is 0 Å². The van der Waals surface area contributed by atoms with E-state index >= 15 is 0 Å². The lowest BCUT2D eigenvalue weighted by atomic mass is 9.93. The lowest BCUT2D eigenvalue weighted by molar-refractivity contribution is -0.138. The summed E-state index contributed by atoms with van der Waals surface area (Å²) in [4.78, 5) is 11.0. The van der Waals surface area contributed by atoms with E-state index in [0.717, 1.165) is 22.4 Å². The second kappa shape index (κ2) is 8.49. The van der Waals surface area contributed by atoms with Crippen molar-refractivity contribution in [3.05, 3.63) is 71.3 Å². The molecule has 2 rings (SSSR count). The van der Waals surface area contributed by atoms with E-state index < -0.39 is 12.0 Å². The number of hydrogen-bond acceptors (Lipinski definition) is 3. The first kappa shape index (κ1) is 18.7. The molecule has 0 amide bonds. The fourth-order valence-corrected chi connectivity index (χ4v) is 2.57. The highest BCUT2D eigenvalue weighted by molar-refractivity contribution is 5.81. The minimum atomic E-state index is -1.000. The van der Waals surface area contributed by atoms with Crippen LogP contribution in [-0.4, -0.2) is 24.2 Å². The van der Waals surface area contributed by atoms with Crippen LogP contribution in [0.15, 0.2) is 54.6 Å². The van der Waals surface area contributed by atoms with Crippen LogP contribution >= 0.6 is 0 Å². The molecule has 1 unspecified atom stereocenters. The molecule has 0 aromatic heterocycles. The molecule has 0 radical (unpaired) electrons. The molecule has 0 aliphatic carbocycles. The van der Waals surface area contributed by atoms with E-state index in [9.17, 15) is 4.79 Å². The molecule has 2 aromatic carbocycles. The number of ether oxygens (including phenoxy) is 1. The molecule has 4 heteroatoms. The van der Waals surface area contributed by atoms with Gasteiger partial charge in [-0.3, -0.25) is 4.79 Å². The fourth-order valence-electron chi connectivity index (χ4n) is 2.57. The van der Waals surface area contributed by atoms with E-state index in [1.165, 1.54) is 5.56 Å². The highest BCUT2D eigenvalue weighted by Crippen LogP contribution is 2.27. The maximum absolute atomic E-state index is 11.0. The van der Waals surface area contributed by atoms with Crippen molar-refractivity contribution in [2.45, 2.75) is 32.2 Å². The largest absolute Gasteiger partial charge is 0.497 e. The Bertz CT molecular complexity index is 731. The van der Waals surface area contributed by atoms with Gasteiger partial charge in [-0.15, -0.1) is 0 Å². The smallest absolute Gasteiger partial charge is 0.320 e. The van der Waals surface area contributed by atoms with Crippen LogP contribution in [-0.2, 0) is 4.79 Å². The van der Waals surface area contributed by atoms with Crippen LogP contribution in [0.5, 0.6) is 5.75 Å². The Labute approximate surface area is 148 Å². The van der Waals surface area contributed by atoms with Crippen LogP contribution in [0, 0.1) is 0 Å². The van der Waals surface area contributed by atoms with Gasteiger partial charge in [-0.1, -0.05) is 56.3 Å². The van der Waals surface area contributed by atoms with Crippen molar-refractivity contribution in [1.29, 1.82) is 0 Å². The number of methoxy groups -OCH3 is 1. The first-order valence-electron chi connectivity index (χ1n) is 8.35. The molecule has 0 fully saturated rings. The van der Waals surface area contributed by atoms with Crippen molar-refractivity contribution in [3.8, 4) is 5.75 Å². The average molecular weight is 339 g/mol. The average Bonchev–Trinajstić information content (AvgIpc) is 2.62. The van der Waals surface area contributed by atoms with Crippen molar-refractivity contribution < 1.29 is 14.6 Å². The Hall–Kier alpha value is -2.59. The number of carboxylic acids is 1. The van der Waals surface area contributed by atoms with Crippen LogP contribution in [0.25, 0.3) is 5.57 Å². The third-order valence-electron chi connectivity index (χ3n) is 4.18. The lowest BCUT2D eigenvalue weighted by Gasteiger charge is -2.13. The number of benzene rings is 2. The Morgan fingerprint density at radius 1 is 1.08 bits per heavy atom. The van der Waals surface area contributed by atoms with E-state index in [0.29, 0.717) is 5.92 Å². The lowest BCUT2D eigenvalue weighted by Crippen LogP contribution is -2.29. The standard InChI is InChI=1S/C21H25NO3/c1-14(2)15-4-6-16(7-5-15)19(12-13-20(22)21(23)24)17-8-10-18(25-3)11-9-17/h4-12,14,20H,13,22H2,1-3H3,(H,23,24)/b19-12-. The quantitative estimate of drug-likeness (QED) is 0.798. The Morgan fingerprint density at radius 2 is 1.60 bits per heavy atom. The van der Waals surface area contributed by atoms with E-state index in [4.69, 9.17) is 15.6 Å². The zero-order valence-corrected chi connectivity index (χ0v) is 14.9. The maximum atomic E-state index is 11.0. The molecule has 3 N–H and O–H groups in total. The fraction of sp³-hybridized carbons (Fsp3) is 0.286. The molecule has 0 heterocycles. The summed E-state index contributed by atoms with van der Waals surface area (Å²) in [5.74, 6) is 0.240. The van der Waals surface area contributed by atoms with Crippen molar-refractivity contribution in [1.82, 2.24) is 0 Å². The summed E-state index contributed by atoms with van der Waals surface area (Å²) < 4.78 is 5.21. The maximum Gasteiger partial charge on any atom is 0.320 e. The molecule has 2 aromatic rings. The Kier molecular flexibility index (Phi) is 6.37. The van der Waals surface area contributed by atoms with E-state index in [1.54, 1.807) is 7.11 Å². The third-order valence-corrected chi connectivity index (χ3v) is 4.18. The van der Waals surface area contributed by atoms with Gasteiger partial charge in [-0.25, -0.2) is 0 Å². The predicted molar refractivity (Wildman–Crippen MR) is 101 cm³/mol. The van der Waals surface area contributed by atoms with Gasteiger partial charge in [0.25, 0.3) is 0 Å². The molecular formula is C21H25NO3. The summed E-state index contributed by atoms with van der Waals surface area (Å²) in [6, 6.07) is 15.1. The van der Waals surface area contributed by atoms with Crippen molar-refractivity contribution in [2.75, 3.05) is 7.11 Å². The van der Waals surface area contributed by atoms with Gasteiger partial charge >= 0.3 is 5.97 Å². The summed E-state index contributed by atoms with van der Waals surface area (Å²) in [5.41, 5.74) is 9.93. The van der Waals surface area contributed by atoms with Gasteiger partial charge in [-0.2, -0.15) is 0 Å². The van der Waals surface area contributed by atoms with Gasteiger partial charge in [0.15, 0.2) is 0 Å². The van der Waals surface area contributed by atoms with Crippen molar-refractivity contribution in [3.63, 3.8) is 0 Å². The van der Waals surface area contributed by atoms with Crippen LogP contribution in [0.1, 0.15) is 42.9 Å². The summed E-state index contributed by atoms with van der Waals surface area (Å²) in [6.45, 7) is 4.31. The van der Waals surface area contributed by atoms with Gasteiger partial charge < -0.3 is 15.6 Å². The highest BCUT2D eigenvalue weighted by Gasteiger charge is 2.12. The number of carboxylic acid groups (broad SMARTS) is 1. The predicted octanol–water partition coefficient (Wildman–Crippen LogP) is 4.05. The minimum Gasteiger partial charge on any atom is -0.497 e. The van der Waals surface area contributed by atoms with Crippen molar-refractivity contribution >= 4 is 11.5 Å². The van der Waals surface area contributed by atoms with Gasteiger partial charge in [0.2, 0.25) is 0 Å². The second-order valence-corrected chi connectivity index (χ2v) is 6.30. The molecule has 0 aliphatic heterocycles. The number of aliphatic carboxylic acids is 1. The van der Waals surface area contributed by atoms with E-state index in [-0.39, 0.29) is 6.42 Å². The third kappa shape index (κ3) is 4.94. The molecular weight excluding hydrogens is 314 g/mol. The van der Waals surface area contributed by atoms with Crippen LogP contribution in [0.3, 0.4) is 0 Å². The number of rotatable bonds is 7. The second-order valence-electron chi connectivity index (χ2n) is 6.30. The SMILES string of the molecule is COc1ccc(/C(=C\CC(N)C(=O)O)c2ccc(C(C)C)cc2)cc1. The first-order valence-corrected chi connectivity index (χ1v) is 8.35. The summed E-state index contributed by atoms with van der Waals surface area (Å²) in [5, 5.41) is 9.03. The zero-order valence-electron chi connectivity index (χ0n) is 14.9. The van der Waals surface area contributed by atoms with Gasteiger partial charge in [0, 0.05) is 0 Å². The Morgan fingerprint density at radius 3 is 2.04 bits per heavy atom. The van der Waals surface area contributed by atoms with Crippen molar-refractivity contribution in [2.24, 2.45) is 5.73 Å². The molecule has 0 spiro atoms. The van der Waals surface area contributed by atoms with Gasteiger partial charge in [-0.05, 0) is 46.7 Å². The summed E-state index contributed by atoms with van der Waals surface area (Å²) >= 11 is 0. The molecule has 132 valence electrons. The van der Waals surface area contributed by atoms with Gasteiger partial charge in [0.05, 0.1) is 7.11 Å². The number of hydrogen-bond donors (Lipinski definition) is 2. The number of carbonyl (C=O) groups is 1. The minimum absolute atomic E-state index is 0.266. The van der Waals surface area contributed by atoms with E-state index in [1.807, 2.05) is 30.3 Å². The molecule has 25 heavy (non-hydrogen) atoms. The zero-order chi connectivity index (χ0) is 18.4. The van der Waals surface area contributed by atoms with E-state index in [2.05, 4.69) is 38.1 Å². The molecule has 4 nitrogen and oxygen atoms in total. The van der Waals surface area contributed by atoms with Gasteiger partial charge in [0.1, 0.15) is 11.8 Å². The Balaban J connectivity index is 2.39. The molecule has 0 saturated heterocycles. The van der Waals surface area contributed by atoms with Crippen LogP contribution < -0.4 is 10.5 Å². The number of nitrogens with two attached hydrogens (primary N) is 1.